The van der Waals surface area contributed by atoms with Crippen LogP contribution in [0.1, 0.15) is 15.2 Å². The highest BCUT2D eigenvalue weighted by Gasteiger charge is 2.00. The third-order valence-corrected chi connectivity index (χ3v) is 2.94. The van der Waals surface area contributed by atoms with Crippen molar-refractivity contribution in [1.29, 1.82) is 0 Å². The summed E-state index contributed by atoms with van der Waals surface area (Å²) < 4.78 is 24.2. The summed E-state index contributed by atoms with van der Waals surface area (Å²) in [6.45, 7) is 3.79. The molecule has 0 radical (unpaired) electrons. The third kappa shape index (κ3) is 1.38. The quantitative estimate of drug-likeness (QED) is 0.474. The normalized spacial score (nSPS) is 13.8. The highest BCUT2D eigenvalue weighted by molar-refractivity contribution is 5.99. The van der Waals surface area contributed by atoms with Crippen LogP contribution in [0.2, 0.25) is 0 Å². The predicted octanol–water partition coefficient (Wildman–Crippen LogP) is 4.61. The monoisotopic (exact) mass is 209 g/mol. The summed E-state index contributed by atoms with van der Waals surface area (Å²) in [5.41, 5.74) is 1.74. The second kappa shape index (κ2) is 3.34. The summed E-state index contributed by atoms with van der Waals surface area (Å²) in [4.78, 5) is 0. The molecular formula is C16H14. The molecule has 0 aliphatic carbocycles. The standard InChI is InChI=1S/C16H14/c1-11-6-7-13-9-14-5-3-4-12(2)16(14)10-15(13)8-11/h3-10H,1-2H3/i6D,7D,8D. The lowest BCUT2D eigenvalue weighted by Crippen LogP contribution is -1.80. The van der Waals surface area contributed by atoms with Crippen LogP contribution in [0.5, 0.6) is 0 Å². The minimum Gasteiger partial charge on any atom is -0.0614 e. The van der Waals surface area contributed by atoms with Crippen molar-refractivity contribution in [2.24, 2.45) is 0 Å². The second-order valence-corrected chi connectivity index (χ2v) is 4.19. The Morgan fingerprint density at radius 3 is 2.69 bits per heavy atom. The van der Waals surface area contributed by atoms with E-state index >= 15 is 0 Å². The Morgan fingerprint density at radius 2 is 1.81 bits per heavy atom. The van der Waals surface area contributed by atoms with Gasteiger partial charge in [0.05, 0.1) is 4.11 Å². The predicted molar refractivity (Wildman–Crippen MR) is 70.9 cm³/mol. The number of benzene rings is 3. The average molecular weight is 209 g/mol. The Bertz CT molecular complexity index is 819. The van der Waals surface area contributed by atoms with Gasteiger partial charge in [0.25, 0.3) is 0 Å². The van der Waals surface area contributed by atoms with Gasteiger partial charge < -0.3 is 0 Å². The molecule has 0 heteroatoms. The summed E-state index contributed by atoms with van der Waals surface area (Å²) >= 11 is 0. The molecule has 0 bridgehead atoms. The molecule has 0 aromatic heterocycles. The van der Waals surface area contributed by atoms with E-state index < -0.39 is 0 Å². The minimum absolute atomic E-state index is 0.157. The van der Waals surface area contributed by atoms with E-state index in [2.05, 4.69) is 0 Å². The zero-order valence-corrected chi connectivity index (χ0v) is 9.39. The third-order valence-electron chi connectivity index (χ3n) is 2.94. The van der Waals surface area contributed by atoms with E-state index in [1.54, 1.807) is 6.92 Å². The second-order valence-electron chi connectivity index (χ2n) is 4.19. The summed E-state index contributed by atoms with van der Waals surface area (Å²) in [6, 6.07) is 10.7. The van der Waals surface area contributed by atoms with Crippen LogP contribution in [-0.4, -0.2) is 0 Å². The highest BCUT2D eigenvalue weighted by atomic mass is 14.0. The van der Waals surface area contributed by atoms with Crippen LogP contribution < -0.4 is 0 Å². The molecule has 0 spiro atoms. The Hall–Kier alpha value is -1.82. The largest absolute Gasteiger partial charge is 0.0632 e. The number of hydrogen-bond donors (Lipinski definition) is 0. The van der Waals surface area contributed by atoms with Gasteiger partial charge in [-0.05, 0) is 53.1 Å². The van der Waals surface area contributed by atoms with Crippen molar-refractivity contribution in [1.82, 2.24) is 0 Å². The van der Waals surface area contributed by atoms with Gasteiger partial charge in [-0.25, -0.2) is 0 Å². The van der Waals surface area contributed by atoms with E-state index in [0.29, 0.717) is 17.0 Å². The maximum absolute atomic E-state index is 8.17. The molecule has 3 aromatic rings. The zero-order chi connectivity index (χ0) is 13.7. The van der Waals surface area contributed by atoms with Gasteiger partial charge in [0, 0.05) is 0 Å². The molecule has 0 atom stereocenters. The molecule has 3 rings (SSSR count). The Labute approximate surface area is 99.7 Å². The molecule has 0 amide bonds. The molecule has 0 nitrogen and oxygen atoms in total. The lowest BCUT2D eigenvalue weighted by molar-refractivity contribution is 1.50. The molecule has 0 saturated heterocycles. The van der Waals surface area contributed by atoms with Gasteiger partial charge in [0.2, 0.25) is 0 Å². The summed E-state index contributed by atoms with van der Waals surface area (Å²) in [5, 5.41) is 3.63. The fraction of sp³-hybridized carbons (Fsp3) is 0.125. The van der Waals surface area contributed by atoms with Crippen molar-refractivity contribution in [3.63, 3.8) is 0 Å². The number of hydrogen-bond acceptors (Lipinski definition) is 0. The van der Waals surface area contributed by atoms with E-state index in [1.807, 2.05) is 37.3 Å². The van der Waals surface area contributed by atoms with Crippen molar-refractivity contribution in [2.75, 3.05) is 0 Å². The van der Waals surface area contributed by atoms with Crippen molar-refractivity contribution in [3.8, 4) is 0 Å². The number of rotatable bonds is 0. The molecule has 0 unspecified atom stereocenters. The van der Waals surface area contributed by atoms with Crippen molar-refractivity contribution in [2.45, 2.75) is 13.8 Å². The van der Waals surface area contributed by atoms with E-state index in [4.69, 9.17) is 4.11 Å². The average Bonchev–Trinajstić information content (AvgIpc) is 2.42. The maximum atomic E-state index is 8.17. The Kier molecular flexibility index (Phi) is 1.40. The van der Waals surface area contributed by atoms with Gasteiger partial charge in [0.15, 0.2) is 0 Å². The first kappa shape index (κ1) is 6.70. The van der Waals surface area contributed by atoms with Crippen LogP contribution in [-0.2, 0) is 0 Å². The van der Waals surface area contributed by atoms with Gasteiger partial charge in [-0.2, -0.15) is 0 Å². The molecule has 0 aliphatic heterocycles. The van der Waals surface area contributed by atoms with Gasteiger partial charge in [-0.1, -0.05) is 41.9 Å². The molecule has 0 N–H and O–H groups in total. The van der Waals surface area contributed by atoms with E-state index in [-0.39, 0.29) is 12.1 Å². The summed E-state index contributed by atoms with van der Waals surface area (Å²) in [6.07, 6.45) is 0. The van der Waals surface area contributed by atoms with Crippen LogP contribution in [0.15, 0.2) is 48.5 Å². The molecular weight excluding hydrogens is 192 g/mol. The van der Waals surface area contributed by atoms with Crippen molar-refractivity contribution >= 4 is 21.5 Å². The summed E-state index contributed by atoms with van der Waals surface area (Å²) in [5.74, 6) is 0. The summed E-state index contributed by atoms with van der Waals surface area (Å²) in [7, 11) is 0. The molecule has 3 aromatic carbocycles. The fourth-order valence-electron chi connectivity index (χ4n) is 2.08. The number of aryl methyl sites for hydroxylation is 1. The highest BCUT2D eigenvalue weighted by Crippen LogP contribution is 2.25. The molecule has 0 saturated carbocycles. The van der Waals surface area contributed by atoms with Crippen LogP contribution in [0.25, 0.3) is 21.5 Å². The van der Waals surface area contributed by atoms with Gasteiger partial charge in [-0.15, -0.1) is 0 Å². The first-order chi connectivity index (χ1) is 9.00. The molecule has 78 valence electrons. The topological polar surface area (TPSA) is 0 Å². The fourth-order valence-corrected chi connectivity index (χ4v) is 2.08. The lowest BCUT2D eigenvalue weighted by atomic mass is 9.99. The van der Waals surface area contributed by atoms with Crippen LogP contribution >= 0.6 is 0 Å². The number of fused-ring (bicyclic) bond motifs is 2. The minimum atomic E-state index is 0.157. The molecule has 0 heterocycles. The van der Waals surface area contributed by atoms with E-state index in [9.17, 15) is 0 Å². The molecule has 16 heavy (non-hydrogen) atoms. The zero-order valence-electron chi connectivity index (χ0n) is 12.4. The van der Waals surface area contributed by atoms with Gasteiger partial charge in [-0.3, -0.25) is 0 Å². The van der Waals surface area contributed by atoms with E-state index in [1.165, 1.54) is 0 Å². The van der Waals surface area contributed by atoms with Crippen LogP contribution in [0.4, 0.5) is 0 Å². The van der Waals surface area contributed by atoms with Crippen molar-refractivity contribution < 1.29 is 4.11 Å². The maximum Gasteiger partial charge on any atom is 0.0632 e. The molecule has 0 fully saturated rings. The Morgan fingerprint density at radius 1 is 0.938 bits per heavy atom. The first-order valence-electron chi connectivity index (χ1n) is 6.90. The SMILES string of the molecule is [2H]c1c(C)c([2H])c2cc3c(C)cccc3cc2c1[2H]. The van der Waals surface area contributed by atoms with E-state index in [0.717, 1.165) is 21.7 Å². The van der Waals surface area contributed by atoms with Crippen molar-refractivity contribution in [3.05, 3.63) is 59.6 Å². The van der Waals surface area contributed by atoms with Crippen LogP contribution in [0.3, 0.4) is 0 Å². The molecule has 0 aliphatic rings. The van der Waals surface area contributed by atoms with Gasteiger partial charge >= 0.3 is 0 Å². The first-order valence-corrected chi connectivity index (χ1v) is 5.40. The van der Waals surface area contributed by atoms with Crippen LogP contribution in [0, 0.1) is 13.8 Å². The Balaban J connectivity index is 2.59. The smallest absolute Gasteiger partial charge is 0.0614 e. The lowest BCUT2D eigenvalue weighted by Gasteiger charge is -2.05. The van der Waals surface area contributed by atoms with Gasteiger partial charge in [0.1, 0.15) is 0 Å².